The Balaban J connectivity index is 2.15. The van der Waals surface area contributed by atoms with Gasteiger partial charge in [0, 0.05) is 0 Å². The number of para-hydroxylation sites is 1. The molecule has 0 N–H and O–H groups in total. The lowest BCUT2D eigenvalue weighted by Crippen LogP contribution is -1.72. The van der Waals surface area contributed by atoms with Crippen LogP contribution in [0.25, 0.3) is 0 Å². The minimum absolute atomic E-state index is 0.767. The summed E-state index contributed by atoms with van der Waals surface area (Å²) in [5.74, 6) is 0.767. The molecule has 1 aromatic heterocycles. The molecule has 1 aromatic carbocycles. The molecule has 0 amide bonds. The first-order valence-corrected chi connectivity index (χ1v) is 4.08. The van der Waals surface area contributed by atoms with E-state index >= 15 is 0 Å². The fraction of sp³-hybridized carbons (Fsp3) is 0. The molecular formula is C11H9NO. The number of furan rings is 1. The van der Waals surface area contributed by atoms with E-state index in [4.69, 9.17) is 4.42 Å². The molecule has 0 atom stereocenters. The van der Waals surface area contributed by atoms with Crippen molar-refractivity contribution < 1.29 is 4.42 Å². The zero-order valence-corrected chi connectivity index (χ0v) is 7.05. The number of benzene rings is 1. The molecule has 0 saturated heterocycles. The molecule has 0 unspecified atom stereocenters. The number of rotatable bonds is 2. The van der Waals surface area contributed by atoms with Crippen LogP contribution in [-0.2, 0) is 0 Å². The van der Waals surface area contributed by atoms with Crippen molar-refractivity contribution in [3.8, 4) is 0 Å². The summed E-state index contributed by atoms with van der Waals surface area (Å²) in [5.41, 5.74) is 0.930. The maximum absolute atomic E-state index is 5.11. The molecule has 2 aromatic rings. The molecule has 0 aliphatic heterocycles. The molecule has 64 valence electrons. The molecule has 2 rings (SSSR count). The number of hydrogen-bond acceptors (Lipinski definition) is 2. The van der Waals surface area contributed by atoms with Gasteiger partial charge in [0.2, 0.25) is 0 Å². The fourth-order valence-electron chi connectivity index (χ4n) is 1.02. The van der Waals surface area contributed by atoms with Crippen LogP contribution in [0, 0.1) is 0 Å². The van der Waals surface area contributed by atoms with Gasteiger partial charge in [0.15, 0.2) is 0 Å². The Bertz CT molecular complexity index is 376. The average molecular weight is 171 g/mol. The molecule has 0 saturated carbocycles. The van der Waals surface area contributed by atoms with E-state index in [2.05, 4.69) is 4.99 Å². The summed E-state index contributed by atoms with van der Waals surface area (Å²) in [4.78, 5) is 4.23. The van der Waals surface area contributed by atoms with E-state index in [0.717, 1.165) is 11.4 Å². The zero-order valence-electron chi connectivity index (χ0n) is 7.05. The molecule has 1 heterocycles. The summed E-state index contributed by atoms with van der Waals surface area (Å²) >= 11 is 0. The van der Waals surface area contributed by atoms with Gasteiger partial charge in [0.1, 0.15) is 5.76 Å². The van der Waals surface area contributed by atoms with Crippen molar-refractivity contribution in [2.24, 2.45) is 4.99 Å². The molecule has 0 fully saturated rings. The van der Waals surface area contributed by atoms with Gasteiger partial charge in [-0.1, -0.05) is 18.2 Å². The lowest BCUT2D eigenvalue weighted by molar-refractivity contribution is 0.560. The molecule has 0 spiro atoms. The highest BCUT2D eigenvalue weighted by Crippen LogP contribution is 2.09. The van der Waals surface area contributed by atoms with Gasteiger partial charge in [-0.3, -0.25) is 4.99 Å². The normalized spacial score (nSPS) is 10.8. The molecule has 0 aliphatic rings. The Morgan fingerprint density at radius 2 is 1.85 bits per heavy atom. The van der Waals surface area contributed by atoms with Gasteiger partial charge >= 0.3 is 0 Å². The lowest BCUT2D eigenvalue weighted by Gasteiger charge is -1.89. The Kier molecular flexibility index (Phi) is 2.23. The maximum Gasteiger partial charge on any atom is 0.144 e. The standard InChI is InChI=1S/C11H9NO/c1-2-5-10(6-3-1)12-9-11-7-4-8-13-11/h1-9H/b12-9+. The van der Waals surface area contributed by atoms with Crippen molar-refractivity contribution in [3.05, 3.63) is 54.5 Å². The van der Waals surface area contributed by atoms with E-state index < -0.39 is 0 Å². The first-order valence-electron chi connectivity index (χ1n) is 4.08. The second-order valence-electron chi connectivity index (χ2n) is 2.61. The van der Waals surface area contributed by atoms with Crippen molar-refractivity contribution in [3.63, 3.8) is 0 Å². The minimum atomic E-state index is 0.767. The first kappa shape index (κ1) is 7.80. The lowest BCUT2D eigenvalue weighted by atomic mass is 10.3. The van der Waals surface area contributed by atoms with Crippen molar-refractivity contribution >= 4 is 11.9 Å². The van der Waals surface area contributed by atoms with Crippen molar-refractivity contribution in [2.75, 3.05) is 0 Å². The van der Waals surface area contributed by atoms with Crippen LogP contribution in [-0.4, -0.2) is 6.21 Å². The fourth-order valence-corrected chi connectivity index (χ4v) is 1.02. The van der Waals surface area contributed by atoms with Crippen LogP contribution in [0.5, 0.6) is 0 Å². The Labute approximate surface area is 76.5 Å². The molecule has 0 radical (unpaired) electrons. The van der Waals surface area contributed by atoms with E-state index in [1.165, 1.54) is 0 Å². The summed E-state index contributed by atoms with van der Waals surface area (Å²) in [5, 5.41) is 0. The van der Waals surface area contributed by atoms with Crippen LogP contribution in [0.15, 0.2) is 58.1 Å². The van der Waals surface area contributed by atoms with E-state index in [0.29, 0.717) is 0 Å². The monoisotopic (exact) mass is 171 g/mol. The van der Waals surface area contributed by atoms with Crippen LogP contribution in [0.2, 0.25) is 0 Å². The van der Waals surface area contributed by atoms with Gasteiger partial charge < -0.3 is 4.42 Å². The largest absolute Gasteiger partial charge is 0.463 e. The second-order valence-corrected chi connectivity index (χ2v) is 2.61. The molecule has 13 heavy (non-hydrogen) atoms. The van der Waals surface area contributed by atoms with E-state index in [1.54, 1.807) is 12.5 Å². The van der Waals surface area contributed by atoms with Gasteiger partial charge in [-0.05, 0) is 24.3 Å². The highest BCUT2D eigenvalue weighted by molar-refractivity contribution is 5.78. The predicted molar refractivity (Wildman–Crippen MR) is 52.4 cm³/mol. The maximum atomic E-state index is 5.11. The SMILES string of the molecule is C(=N\c1ccccc1)/c1ccco1. The third kappa shape index (κ3) is 2.06. The molecule has 2 nitrogen and oxygen atoms in total. The van der Waals surface area contributed by atoms with Gasteiger partial charge in [-0.2, -0.15) is 0 Å². The van der Waals surface area contributed by atoms with E-state index in [1.807, 2.05) is 42.5 Å². The molecule has 2 heteroatoms. The van der Waals surface area contributed by atoms with Crippen molar-refractivity contribution in [1.29, 1.82) is 0 Å². The Hall–Kier alpha value is -1.83. The third-order valence-electron chi connectivity index (χ3n) is 1.64. The smallest absolute Gasteiger partial charge is 0.144 e. The average Bonchev–Trinajstić information content (AvgIpc) is 2.69. The molecule has 0 aliphatic carbocycles. The molecular weight excluding hydrogens is 162 g/mol. The second kappa shape index (κ2) is 3.72. The summed E-state index contributed by atoms with van der Waals surface area (Å²) in [6.07, 6.45) is 3.34. The van der Waals surface area contributed by atoms with Gasteiger partial charge in [-0.15, -0.1) is 0 Å². The Morgan fingerprint density at radius 1 is 1.00 bits per heavy atom. The number of nitrogens with zero attached hydrogens (tertiary/aromatic N) is 1. The summed E-state index contributed by atoms with van der Waals surface area (Å²) in [6, 6.07) is 13.5. The van der Waals surface area contributed by atoms with Gasteiger partial charge in [-0.25, -0.2) is 0 Å². The van der Waals surface area contributed by atoms with E-state index in [-0.39, 0.29) is 0 Å². The highest BCUT2D eigenvalue weighted by atomic mass is 16.3. The quantitative estimate of drug-likeness (QED) is 0.637. The van der Waals surface area contributed by atoms with Crippen LogP contribution in [0.4, 0.5) is 5.69 Å². The topological polar surface area (TPSA) is 25.5 Å². The van der Waals surface area contributed by atoms with Crippen LogP contribution in [0.1, 0.15) is 5.76 Å². The summed E-state index contributed by atoms with van der Waals surface area (Å²) in [6.45, 7) is 0. The summed E-state index contributed by atoms with van der Waals surface area (Å²) in [7, 11) is 0. The van der Waals surface area contributed by atoms with Gasteiger partial charge in [0.05, 0.1) is 18.2 Å². The molecule has 0 bridgehead atoms. The summed E-state index contributed by atoms with van der Waals surface area (Å²) < 4.78 is 5.11. The van der Waals surface area contributed by atoms with Gasteiger partial charge in [0.25, 0.3) is 0 Å². The predicted octanol–water partition coefficient (Wildman–Crippen LogP) is 3.03. The van der Waals surface area contributed by atoms with Crippen LogP contribution < -0.4 is 0 Å². The first-order chi connectivity index (χ1) is 6.45. The highest BCUT2D eigenvalue weighted by Gasteiger charge is 1.88. The minimum Gasteiger partial charge on any atom is -0.463 e. The zero-order chi connectivity index (χ0) is 8.93. The van der Waals surface area contributed by atoms with Crippen LogP contribution in [0.3, 0.4) is 0 Å². The van der Waals surface area contributed by atoms with Crippen molar-refractivity contribution in [1.82, 2.24) is 0 Å². The Morgan fingerprint density at radius 3 is 2.54 bits per heavy atom. The number of hydrogen-bond donors (Lipinski definition) is 0. The van der Waals surface area contributed by atoms with E-state index in [9.17, 15) is 0 Å². The third-order valence-corrected chi connectivity index (χ3v) is 1.64. The van der Waals surface area contributed by atoms with Crippen LogP contribution >= 0.6 is 0 Å². The number of aliphatic imine (C=N–C) groups is 1. The van der Waals surface area contributed by atoms with Crippen molar-refractivity contribution in [2.45, 2.75) is 0 Å².